The Labute approximate surface area is 204 Å². The molecule has 6 aliphatic rings. The normalized spacial score (nSPS) is 40.1. The fraction of sp³-hybridized carbons (Fsp3) is 0.613. The molecule has 178 valence electrons. The van der Waals surface area contributed by atoms with E-state index in [1.54, 1.807) is 11.1 Å². The Morgan fingerprint density at radius 2 is 1.88 bits per heavy atom. The number of fused-ring (bicyclic) bond motifs is 1. The Kier molecular flexibility index (Phi) is 4.26. The summed E-state index contributed by atoms with van der Waals surface area (Å²) < 4.78 is 5.81. The largest absolute Gasteiger partial charge is 0.497 e. The second-order valence-electron chi connectivity index (χ2n) is 12.6. The number of hydrogen-bond donors (Lipinski definition) is 0. The van der Waals surface area contributed by atoms with E-state index < -0.39 is 0 Å². The summed E-state index contributed by atoms with van der Waals surface area (Å²) in [6, 6.07) is 19.9. The van der Waals surface area contributed by atoms with E-state index in [9.17, 15) is 0 Å². The fourth-order valence-corrected chi connectivity index (χ4v) is 10.2. The molecule has 2 aromatic rings. The molecule has 4 aliphatic carbocycles. The zero-order valence-corrected chi connectivity index (χ0v) is 20.6. The van der Waals surface area contributed by atoms with Gasteiger partial charge in [0.05, 0.1) is 7.11 Å². The number of likely N-dealkylation sites (tertiary alicyclic amines) is 2. The van der Waals surface area contributed by atoms with Gasteiger partial charge < -0.3 is 4.74 Å². The summed E-state index contributed by atoms with van der Waals surface area (Å²) in [7, 11) is 1.85. The minimum absolute atomic E-state index is 0.360. The number of hydrogen-bond acceptors (Lipinski definition) is 3. The number of methoxy groups -OCH3 is 1. The van der Waals surface area contributed by atoms with Crippen LogP contribution in [-0.4, -0.2) is 48.6 Å². The predicted molar refractivity (Wildman–Crippen MR) is 135 cm³/mol. The molecule has 8 rings (SSSR count). The molecular weight excluding hydrogens is 416 g/mol. The summed E-state index contributed by atoms with van der Waals surface area (Å²) >= 11 is 0. The minimum Gasteiger partial charge on any atom is -0.497 e. The van der Waals surface area contributed by atoms with E-state index in [1.807, 2.05) is 7.11 Å². The molecule has 2 saturated heterocycles. The van der Waals surface area contributed by atoms with Crippen molar-refractivity contribution in [2.75, 3.05) is 26.7 Å². The van der Waals surface area contributed by atoms with Gasteiger partial charge in [0.15, 0.2) is 0 Å². The van der Waals surface area contributed by atoms with Gasteiger partial charge in [-0.3, -0.25) is 9.80 Å². The summed E-state index contributed by atoms with van der Waals surface area (Å²) in [5.74, 6) is 3.73. The maximum absolute atomic E-state index is 5.81. The van der Waals surface area contributed by atoms with E-state index in [4.69, 9.17) is 4.74 Å². The molecule has 2 aliphatic heterocycles. The zero-order chi connectivity index (χ0) is 22.5. The molecule has 4 bridgehead atoms. The molecule has 0 N–H and O–H groups in total. The lowest BCUT2D eigenvalue weighted by molar-refractivity contribution is -0.105. The van der Waals surface area contributed by atoms with E-state index in [0.717, 1.165) is 42.1 Å². The van der Waals surface area contributed by atoms with Gasteiger partial charge in [-0.2, -0.15) is 0 Å². The van der Waals surface area contributed by atoms with Gasteiger partial charge in [-0.25, -0.2) is 0 Å². The highest BCUT2D eigenvalue weighted by atomic mass is 16.5. The summed E-state index contributed by atoms with van der Waals surface area (Å²) in [4.78, 5) is 5.88. The molecular formula is C31H38N2O. The number of benzene rings is 2. The average molecular weight is 455 g/mol. The lowest BCUT2D eigenvalue weighted by Gasteiger charge is -2.66. The van der Waals surface area contributed by atoms with E-state index in [0.29, 0.717) is 10.8 Å². The number of nitrogens with zero attached hydrogens (tertiary/aromatic N) is 2. The van der Waals surface area contributed by atoms with Crippen LogP contribution in [0.15, 0.2) is 48.5 Å². The maximum atomic E-state index is 5.81. The Morgan fingerprint density at radius 3 is 2.71 bits per heavy atom. The molecule has 0 amide bonds. The van der Waals surface area contributed by atoms with Gasteiger partial charge in [0.25, 0.3) is 0 Å². The third-order valence-corrected chi connectivity index (χ3v) is 11.3. The first kappa shape index (κ1) is 20.4. The van der Waals surface area contributed by atoms with E-state index in [-0.39, 0.29) is 0 Å². The van der Waals surface area contributed by atoms with Gasteiger partial charge in [-0.05, 0) is 103 Å². The molecule has 2 heterocycles. The smallest absolute Gasteiger partial charge is 0.119 e. The van der Waals surface area contributed by atoms with Crippen LogP contribution in [0.3, 0.4) is 0 Å². The van der Waals surface area contributed by atoms with Crippen molar-refractivity contribution in [1.82, 2.24) is 9.80 Å². The van der Waals surface area contributed by atoms with Crippen LogP contribution in [0.5, 0.6) is 5.75 Å². The highest BCUT2D eigenvalue weighted by Crippen LogP contribution is 2.75. The van der Waals surface area contributed by atoms with Crippen LogP contribution in [0.25, 0.3) is 0 Å². The van der Waals surface area contributed by atoms with Crippen molar-refractivity contribution in [1.29, 1.82) is 0 Å². The molecule has 0 spiro atoms. The fourth-order valence-electron chi connectivity index (χ4n) is 10.2. The Morgan fingerprint density at radius 1 is 1.00 bits per heavy atom. The maximum Gasteiger partial charge on any atom is 0.119 e. The second-order valence-corrected chi connectivity index (χ2v) is 12.6. The number of rotatable bonds is 5. The first-order valence-corrected chi connectivity index (χ1v) is 13.9. The van der Waals surface area contributed by atoms with Crippen molar-refractivity contribution in [3.63, 3.8) is 0 Å². The van der Waals surface area contributed by atoms with Gasteiger partial charge >= 0.3 is 0 Å². The van der Waals surface area contributed by atoms with Crippen LogP contribution in [-0.2, 0) is 18.4 Å². The highest BCUT2D eigenvalue weighted by Gasteiger charge is 2.75. The molecule has 2 aromatic carbocycles. The number of piperidine rings is 1. The van der Waals surface area contributed by atoms with E-state index in [1.165, 1.54) is 70.1 Å². The van der Waals surface area contributed by atoms with Crippen molar-refractivity contribution < 1.29 is 4.74 Å². The van der Waals surface area contributed by atoms with E-state index >= 15 is 0 Å². The molecule has 3 nitrogen and oxygen atoms in total. The average Bonchev–Trinajstić information content (AvgIpc) is 3.57. The molecule has 0 unspecified atom stereocenters. The topological polar surface area (TPSA) is 15.7 Å². The summed E-state index contributed by atoms with van der Waals surface area (Å²) in [6.07, 6.45) is 9.87. The quantitative estimate of drug-likeness (QED) is 0.612. The predicted octanol–water partition coefficient (Wildman–Crippen LogP) is 5.27. The number of ether oxygens (including phenoxy) is 1. The first-order chi connectivity index (χ1) is 16.7. The molecule has 6 atom stereocenters. The summed E-state index contributed by atoms with van der Waals surface area (Å²) in [5, 5.41) is 0. The lowest BCUT2D eigenvalue weighted by atomic mass is 9.43. The highest BCUT2D eigenvalue weighted by molar-refractivity contribution is 5.51. The van der Waals surface area contributed by atoms with Gasteiger partial charge in [-0.15, -0.1) is 0 Å². The van der Waals surface area contributed by atoms with Crippen molar-refractivity contribution in [2.24, 2.45) is 23.2 Å². The van der Waals surface area contributed by atoms with Crippen LogP contribution < -0.4 is 4.74 Å². The molecule has 34 heavy (non-hydrogen) atoms. The van der Waals surface area contributed by atoms with Crippen molar-refractivity contribution in [2.45, 2.75) is 69.0 Å². The molecule has 3 saturated carbocycles. The van der Waals surface area contributed by atoms with Crippen LogP contribution in [0, 0.1) is 23.2 Å². The Bertz CT molecular complexity index is 1110. The second kappa shape index (κ2) is 7.11. The van der Waals surface area contributed by atoms with Crippen LogP contribution in [0.4, 0.5) is 0 Å². The van der Waals surface area contributed by atoms with E-state index in [2.05, 4.69) is 58.3 Å². The SMILES string of the molecule is COc1ccc2c(c1)[C@]13CCN(CC4CC4)[C@H](C2)[C@]12CC[C@@H]1[C@H]3[C@@H](CN1Cc1ccccc1)C2. The molecule has 0 radical (unpaired) electrons. The minimum atomic E-state index is 0.360. The molecule has 0 aromatic heterocycles. The zero-order valence-electron chi connectivity index (χ0n) is 20.6. The third-order valence-electron chi connectivity index (χ3n) is 11.3. The third kappa shape index (κ3) is 2.56. The Hall–Kier alpha value is -1.84. The van der Waals surface area contributed by atoms with Crippen LogP contribution in [0.1, 0.15) is 55.2 Å². The van der Waals surface area contributed by atoms with Crippen molar-refractivity contribution in [3.05, 3.63) is 65.2 Å². The van der Waals surface area contributed by atoms with Crippen molar-refractivity contribution >= 4 is 0 Å². The monoisotopic (exact) mass is 454 g/mol. The molecule has 3 heteroatoms. The van der Waals surface area contributed by atoms with Crippen molar-refractivity contribution in [3.8, 4) is 5.75 Å². The Balaban J connectivity index is 1.24. The van der Waals surface area contributed by atoms with Gasteiger partial charge in [-0.1, -0.05) is 36.4 Å². The van der Waals surface area contributed by atoms with Gasteiger partial charge in [0.1, 0.15) is 5.75 Å². The molecule has 5 fully saturated rings. The first-order valence-electron chi connectivity index (χ1n) is 13.9. The lowest BCUT2D eigenvalue weighted by Crippen LogP contribution is -2.69. The summed E-state index contributed by atoms with van der Waals surface area (Å²) in [5.41, 5.74) is 5.68. The van der Waals surface area contributed by atoms with Gasteiger partial charge in [0, 0.05) is 37.1 Å². The van der Waals surface area contributed by atoms with Crippen LogP contribution in [0.2, 0.25) is 0 Å². The van der Waals surface area contributed by atoms with Crippen LogP contribution >= 0.6 is 0 Å². The van der Waals surface area contributed by atoms with Gasteiger partial charge in [0.2, 0.25) is 0 Å². The standard InChI is InChI=1S/C31H38N2O/c1-34-25-10-9-23-15-28-30-12-11-27-29(24(17-30)20-33(27)19-21-5-3-2-4-6-21)31(30,26(23)16-25)13-14-32(28)18-22-7-8-22/h2-6,9-10,16,22,24,27-29H,7-8,11-15,17-20H2,1H3/t24-,27-,28-,29-,30-,31+/m1/s1. The summed E-state index contributed by atoms with van der Waals surface area (Å²) in [6.45, 7) is 5.12.